The summed E-state index contributed by atoms with van der Waals surface area (Å²) in [6.07, 6.45) is 7.29. The number of carbonyl (C=O) groups excluding carboxylic acids is 1. The van der Waals surface area contributed by atoms with Gasteiger partial charge in [0, 0.05) is 45.7 Å². The third kappa shape index (κ3) is 5.76. The first-order valence-corrected chi connectivity index (χ1v) is 9.64. The predicted molar refractivity (Wildman–Crippen MR) is 106 cm³/mol. The van der Waals surface area contributed by atoms with Crippen LogP contribution in [-0.4, -0.2) is 54.1 Å². The van der Waals surface area contributed by atoms with Crippen molar-refractivity contribution in [2.24, 2.45) is 5.92 Å². The Morgan fingerprint density at radius 2 is 1.89 bits per heavy atom. The monoisotopic (exact) mass is 368 g/mol. The van der Waals surface area contributed by atoms with E-state index in [2.05, 4.69) is 39.6 Å². The van der Waals surface area contributed by atoms with Gasteiger partial charge in [-0.15, -0.1) is 0 Å². The zero-order valence-corrected chi connectivity index (χ0v) is 15.9. The van der Waals surface area contributed by atoms with E-state index in [9.17, 15) is 4.79 Å². The summed E-state index contributed by atoms with van der Waals surface area (Å²) in [5, 5.41) is 3.13. The second kappa shape index (κ2) is 10.0. The SMILES string of the molecule is COCCCNc1ncc(C(=O)N2CCC(Cc3ccccc3)CC2)cn1. The Hall–Kier alpha value is -2.47. The molecule has 6 nitrogen and oxygen atoms in total. The highest BCUT2D eigenvalue weighted by molar-refractivity contribution is 5.93. The third-order valence-corrected chi connectivity index (χ3v) is 4.98. The Labute approximate surface area is 161 Å². The lowest BCUT2D eigenvalue weighted by Gasteiger charge is -2.32. The molecule has 3 rings (SSSR count). The van der Waals surface area contributed by atoms with Crippen molar-refractivity contribution >= 4 is 11.9 Å². The Morgan fingerprint density at radius 3 is 2.56 bits per heavy atom. The first-order chi connectivity index (χ1) is 13.3. The molecule has 1 amide bonds. The molecular weight excluding hydrogens is 340 g/mol. The molecule has 2 heterocycles. The van der Waals surface area contributed by atoms with Crippen LogP contribution in [0.1, 0.15) is 35.2 Å². The standard InChI is InChI=1S/C21H28N4O2/c1-27-13-5-10-22-21-23-15-19(16-24-21)20(26)25-11-8-18(9-12-25)14-17-6-3-2-4-7-17/h2-4,6-7,15-16,18H,5,8-14H2,1H3,(H,22,23,24). The molecule has 1 N–H and O–H groups in total. The van der Waals surface area contributed by atoms with Gasteiger partial charge >= 0.3 is 0 Å². The highest BCUT2D eigenvalue weighted by Crippen LogP contribution is 2.22. The van der Waals surface area contributed by atoms with Gasteiger partial charge in [0.15, 0.2) is 0 Å². The number of nitrogens with zero attached hydrogens (tertiary/aromatic N) is 3. The van der Waals surface area contributed by atoms with Gasteiger partial charge in [-0.2, -0.15) is 0 Å². The molecule has 0 radical (unpaired) electrons. The Balaban J connectivity index is 1.46. The summed E-state index contributed by atoms with van der Waals surface area (Å²) in [5.41, 5.74) is 1.93. The van der Waals surface area contributed by atoms with E-state index >= 15 is 0 Å². The van der Waals surface area contributed by atoms with E-state index in [1.54, 1.807) is 19.5 Å². The quantitative estimate of drug-likeness (QED) is 0.726. The normalized spacial score (nSPS) is 14.9. The number of hydrogen-bond acceptors (Lipinski definition) is 5. The first-order valence-electron chi connectivity index (χ1n) is 9.64. The number of nitrogens with one attached hydrogen (secondary N) is 1. The number of anilines is 1. The molecule has 2 aromatic rings. The minimum absolute atomic E-state index is 0.0269. The third-order valence-electron chi connectivity index (χ3n) is 4.98. The maximum atomic E-state index is 12.7. The number of hydrogen-bond donors (Lipinski definition) is 1. The summed E-state index contributed by atoms with van der Waals surface area (Å²) >= 11 is 0. The lowest BCUT2D eigenvalue weighted by atomic mass is 9.90. The second-order valence-corrected chi connectivity index (χ2v) is 6.99. The highest BCUT2D eigenvalue weighted by Gasteiger charge is 2.24. The van der Waals surface area contributed by atoms with Gasteiger partial charge in [-0.25, -0.2) is 9.97 Å². The summed E-state index contributed by atoms with van der Waals surface area (Å²) in [7, 11) is 1.68. The maximum Gasteiger partial charge on any atom is 0.256 e. The number of benzene rings is 1. The zero-order valence-electron chi connectivity index (χ0n) is 15.9. The minimum Gasteiger partial charge on any atom is -0.385 e. The summed E-state index contributed by atoms with van der Waals surface area (Å²) < 4.78 is 5.01. The van der Waals surface area contributed by atoms with Crippen LogP contribution in [0, 0.1) is 5.92 Å². The highest BCUT2D eigenvalue weighted by atomic mass is 16.5. The van der Waals surface area contributed by atoms with E-state index in [0.717, 1.165) is 45.3 Å². The van der Waals surface area contributed by atoms with Gasteiger partial charge in [-0.3, -0.25) is 4.79 Å². The molecule has 144 valence electrons. The van der Waals surface area contributed by atoms with Crippen LogP contribution in [0.25, 0.3) is 0 Å². The van der Waals surface area contributed by atoms with Gasteiger partial charge < -0.3 is 15.0 Å². The maximum absolute atomic E-state index is 12.7. The summed E-state index contributed by atoms with van der Waals surface area (Å²) in [6.45, 7) is 3.04. The van der Waals surface area contributed by atoms with Crippen LogP contribution in [0.5, 0.6) is 0 Å². The van der Waals surface area contributed by atoms with E-state index in [1.807, 2.05) is 11.0 Å². The molecule has 1 fully saturated rings. The van der Waals surface area contributed by atoms with E-state index in [0.29, 0.717) is 24.0 Å². The molecule has 0 bridgehead atoms. The molecule has 0 saturated carbocycles. The number of amides is 1. The van der Waals surface area contributed by atoms with Crippen molar-refractivity contribution in [3.63, 3.8) is 0 Å². The molecule has 6 heteroatoms. The number of methoxy groups -OCH3 is 1. The largest absolute Gasteiger partial charge is 0.385 e. The molecule has 1 aliphatic heterocycles. The number of piperidine rings is 1. The number of ether oxygens (including phenoxy) is 1. The zero-order chi connectivity index (χ0) is 18.9. The smallest absolute Gasteiger partial charge is 0.256 e. The molecule has 1 aliphatic rings. The Morgan fingerprint density at radius 1 is 1.19 bits per heavy atom. The summed E-state index contributed by atoms with van der Waals surface area (Å²) in [6, 6.07) is 10.6. The van der Waals surface area contributed by atoms with E-state index < -0.39 is 0 Å². The molecule has 0 atom stereocenters. The molecular formula is C21H28N4O2. The predicted octanol–water partition coefficient (Wildman–Crippen LogP) is 3.02. The molecule has 1 aromatic carbocycles. The molecule has 0 aliphatic carbocycles. The Kier molecular flexibility index (Phi) is 7.16. The van der Waals surface area contributed by atoms with Crippen molar-refractivity contribution in [1.29, 1.82) is 0 Å². The van der Waals surface area contributed by atoms with Gasteiger partial charge in [-0.1, -0.05) is 30.3 Å². The van der Waals surface area contributed by atoms with Crippen LogP contribution >= 0.6 is 0 Å². The van der Waals surface area contributed by atoms with Crippen LogP contribution in [0.15, 0.2) is 42.7 Å². The van der Waals surface area contributed by atoms with Gasteiger partial charge in [-0.05, 0) is 37.2 Å². The molecule has 0 unspecified atom stereocenters. The Bertz CT molecular complexity index is 698. The van der Waals surface area contributed by atoms with Crippen molar-refractivity contribution in [3.05, 3.63) is 53.9 Å². The van der Waals surface area contributed by atoms with Gasteiger partial charge in [0.1, 0.15) is 0 Å². The number of aromatic nitrogens is 2. The summed E-state index contributed by atoms with van der Waals surface area (Å²) in [4.78, 5) is 23.1. The molecule has 27 heavy (non-hydrogen) atoms. The van der Waals surface area contributed by atoms with Crippen molar-refractivity contribution < 1.29 is 9.53 Å². The first kappa shape index (κ1) is 19.3. The number of rotatable bonds is 8. The molecule has 1 saturated heterocycles. The van der Waals surface area contributed by atoms with E-state index in [4.69, 9.17) is 4.74 Å². The van der Waals surface area contributed by atoms with Crippen molar-refractivity contribution in [2.45, 2.75) is 25.7 Å². The van der Waals surface area contributed by atoms with Gasteiger partial charge in [0.25, 0.3) is 5.91 Å². The van der Waals surface area contributed by atoms with Crippen molar-refractivity contribution in [1.82, 2.24) is 14.9 Å². The fraction of sp³-hybridized carbons (Fsp3) is 0.476. The minimum atomic E-state index is 0.0269. The fourth-order valence-corrected chi connectivity index (χ4v) is 3.42. The number of carbonyl (C=O) groups is 1. The van der Waals surface area contributed by atoms with Crippen LogP contribution in [0.2, 0.25) is 0 Å². The van der Waals surface area contributed by atoms with Gasteiger partial charge in [0.05, 0.1) is 5.56 Å². The van der Waals surface area contributed by atoms with Crippen LogP contribution in [-0.2, 0) is 11.2 Å². The summed E-state index contributed by atoms with van der Waals surface area (Å²) in [5.74, 6) is 1.22. The van der Waals surface area contributed by atoms with Gasteiger partial charge in [0.2, 0.25) is 5.95 Å². The topological polar surface area (TPSA) is 67.3 Å². The molecule has 1 aromatic heterocycles. The second-order valence-electron chi connectivity index (χ2n) is 6.99. The lowest BCUT2D eigenvalue weighted by Crippen LogP contribution is -2.39. The van der Waals surface area contributed by atoms with Crippen LogP contribution < -0.4 is 5.32 Å². The van der Waals surface area contributed by atoms with Crippen molar-refractivity contribution in [2.75, 3.05) is 38.7 Å². The fourth-order valence-electron chi connectivity index (χ4n) is 3.42. The lowest BCUT2D eigenvalue weighted by molar-refractivity contribution is 0.0689. The van der Waals surface area contributed by atoms with Crippen LogP contribution in [0.4, 0.5) is 5.95 Å². The molecule has 0 spiro atoms. The van der Waals surface area contributed by atoms with E-state index in [-0.39, 0.29) is 5.91 Å². The van der Waals surface area contributed by atoms with Crippen molar-refractivity contribution in [3.8, 4) is 0 Å². The average Bonchev–Trinajstić information content (AvgIpc) is 2.72. The van der Waals surface area contributed by atoms with Crippen LogP contribution in [0.3, 0.4) is 0 Å². The van der Waals surface area contributed by atoms with E-state index in [1.165, 1.54) is 5.56 Å². The number of likely N-dealkylation sites (tertiary alicyclic amines) is 1. The average molecular weight is 368 g/mol.